The van der Waals surface area contributed by atoms with Gasteiger partial charge in [-0.2, -0.15) is 0 Å². The maximum absolute atomic E-state index is 13.2. The fourth-order valence-corrected chi connectivity index (χ4v) is 15.4. The van der Waals surface area contributed by atoms with Crippen LogP contribution in [0.3, 0.4) is 0 Å². The minimum absolute atomic E-state index is 0.108. The van der Waals surface area contributed by atoms with E-state index in [0.29, 0.717) is 25.7 Å². The first-order valence-corrected chi connectivity index (χ1v) is 48.6. The number of hydrogen-bond acceptors (Lipinski definition) is 15. The van der Waals surface area contributed by atoms with E-state index in [0.717, 1.165) is 95.8 Å². The van der Waals surface area contributed by atoms with Crippen LogP contribution in [0, 0.1) is 5.92 Å². The predicted molar refractivity (Wildman–Crippen MR) is 442 cm³/mol. The van der Waals surface area contributed by atoms with Gasteiger partial charge in [0.05, 0.1) is 26.4 Å². The van der Waals surface area contributed by atoms with Gasteiger partial charge in [0.25, 0.3) is 0 Å². The molecule has 0 aliphatic rings. The summed E-state index contributed by atoms with van der Waals surface area (Å²) in [4.78, 5) is 73.2. The van der Waals surface area contributed by atoms with Gasteiger partial charge in [-0.25, -0.2) is 9.13 Å². The van der Waals surface area contributed by atoms with Crippen LogP contribution in [0.2, 0.25) is 0 Å². The lowest BCUT2D eigenvalue weighted by atomic mass is 10.0. The first-order valence-electron chi connectivity index (χ1n) is 45.6. The van der Waals surface area contributed by atoms with Gasteiger partial charge < -0.3 is 33.8 Å². The quantitative estimate of drug-likeness (QED) is 0.0222. The number of aliphatic hydroxyl groups is 1. The Labute approximate surface area is 658 Å². The van der Waals surface area contributed by atoms with Crippen molar-refractivity contribution >= 4 is 39.5 Å². The molecule has 636 valence electrons. The van der Waals surface area contributed by atoms with Gasteiger partial charge in [-0.05, 0) is 31.6 Å². The highest BCUT2D eigenvalue weighted by atomic mass is 31.2. The molecule has 19 heteroatoms. The molecular formula is C88H172O17P2. The molecule has 2 unspecified atom stereocenters. The van der Waals surface area contributed by atoms with Crippen LogP contribution in [0.15, 0.2) is 0 Å². The molecule has 107 heavy (non-hydrogen) atoms. The molecule has 0 aromatic heterocycles. The van der Waals surface area contributed by atoms with Crippen molar-refractivity contribution < 1.29 is 80.2 Å². The number of rotatable bonds is 88. The summed E-state index contributed by atoms with van der Waals surface area (Å²) in [6, 6.07) is 0. The van der Waals surface area contributed by atoms with Crippen LogP contribution in [0.4, 0.5) is 0 Å². The van der Waals surface area contributed by atoms with E-state index in [1.54, 1.807) is 0 Å². The number of hydrogen-bond donors (Lipinski definition) is 3. The van der Waals surface area contributed by atoms with Crippen molar-refractivity contribution in [2.45, 2.75) is 496 Å². The van der Waals surface area contributed by atoms with Crippen molar-refractivity contribution in [1.82, 2.24) is 0 Å². The van der Waals surface area contributed by atoms with E-state index in [1.165, 1.54) is 302 Å². The Bertz CT molecular complexity index is 2030. The average molecular weight is 1560 g/mol. The summed E-state index contributed by atoms with van der Waals surface area (Å²) in [5, 5.41) is 10.7. The number of esters is 4. The Kier molecular flexibility index (Phi) is 79.2. The maximum atomic E-state index is 13.2. The van der Waals surface area contributed by atoms with Crippen LogP contribution >= 0.6 is 15.6 Å². The van der Waals surface area contributed by atoms with Crippen molar-refractivity contribution in [3.8, 4) is 0 Å². The number of carbonyl (C=O) groups is 4. The highest BCUT2D eigenvalue weighted by Gasteiger charge is 2.30. The van der Waals surface area contributed by atoms with E-state index < -0.39 is 97.5 Å². The summed E-state index contributed by atoms with van der Waals surface area (Å²) >= 11 is 0. The molecule has 0 spiro atoms. The Hall–Kier alpha value is -1.94. The maximum Gasteiger partial charge on any atom is 0.472 e. The summed E-state index contributed by atoms with van der Waals surface area (Å²) in [7, 11) is -9.93. The number of ether oxygens (including phenoxy) is 4. The van der Waals surface area contributed by atoms with Crippen LogP contribution in [-0.4, -0.2) is 96.7 Å². The summed E-state index contributed by atoms with van der Waals surface area (Å²) in [6.45, 7) is 7.37. The molecule has 0 saturated heterocycles. The molecule has 5 atom stereocenters. The van der Waals surface area contributed by atoms with E-state index in [1.807, 2.05) is 0 Å². The third kappa shape index (κ3) is 81.9. The number of aliphatic hydroxyl groups excluding tert-OH is 1. The Morgan fingerprint density at radius 1 is 0.252 bits per heavy atom. The van der Waals surface area contributed by atoms with E-state index >= 15 is 0 Å². The minimum atomic E-state index is -4.97. The molecule has 0 aromatic rings. The van der Waals surface area contributed by atoms with Crippen molar-refractivity contribution in [3.63, 3.8) is 0 Å². The molecule has 3 N–H and O–H groups in total. The Morgan fingerprint density at radius 3 is 0.636 bits per heavy atom. The van der Waals surface area contributed by atoms with Crippen LogP contribution in [-0.2, 0) is 65.4 Å². The van der Waals surface area contributed by atoms with E-state index in [-0.39, 0.29) is 25.7 Å². The lowest BCUT2D eigenvalue weighted by Crippen LogP contribution is -2.30. The molecular weight excluding hydrogens is 1390 g/mol. The molecule has 0 fully saturated rings. The molecule has 0 amide bonds. The summed E-state index contributed by atoms with van der Waals surface area (Å²) in [6.07, 6.45) is 75.2. The van der Waals surface area contributed by atoms with Crippen molar-refractivity contribution in [2.75, 3.05) is 39.6 Å². The summed E-state index contributed by atoms with van der Waals surface area (Å²) < 4.78 is 68.9. The highest BCUT2D eigenvalue weighted by Crippen LogP contribution is 2.45. The van der Waals surface area contributed by atoms with Crippen molar-refractivity contribution in [1.29, 1.82) is 0 Å². The van der Waals surface area contributed by atoms with Gasteiger partial charge in [-0.15, -0.1) is 0 Å². The summed E-state index contributed by atoms with van der Waals surface area (Å²) in [5.41, 5.74) is 0. The molecule has 0 aromatic carbocycles. The van der Waals surface area contributed by atoms with Crippen LogP contribution in [0.5, 0.6) is 0 Å². The molecule has 17 nitrogen and oxygen atoms in total. The third-order valence-electron chi connectivity index (χ3n) is 20.8. The summed E-state index contributed by atoms with van der Waals surface area (Å²) in [5.74, 6) is -1.31. The molecule has 0 rings (SSSR count). The standard InChI is InChI=1S/C88H172O17P2/c1-6-9-12-15-18-21-23-25-27-29-31-33-34-36-38-40-44-48-53-58-63-68-73-87(92)105-84(78-99-86(91)72-67-62-57-52-47-43-39-37-35-32-30-28-26-24-22-19-16-13-10-7-2)80-103-107(96,97)101-76-82(89)75-100-106(94,95)102-79-83(77-98-85(90)71-66-61-56-50-20-17-14-11-8-3)104-88(93)74-69-64-59-54-49-45-41-42-46-51-55-60-65-70-81(4)5/h81-84,89H,6-80H2,1-5H3,(H,94,95)(H,96,97)/t82-,83+,84+/m0/s1. The second-order valence-corrected chi connectivity index (χ2v) is 35.0. The van der Waals surface area contributed by atoms with Crippen molar-refractivity contribution in [2.24, 2.45) is 5.92 Å². The largest absolute Gasteiger partial charge is 0.472 e. The zero-order valence-electron chi connectivity index (χ0n) is 70.3. The van der Waals surface area contributed by atoms with E-state index in [2.05, 4.69) is 34.6 Å². The molecule has 0 heterocycles. The van der Waals surface area contributed by atoms with Crippen molar-refractivity contribution in [3.05, 3.63) is 0 Å². The number of unbranched alkanes of at least 4 members (excludes halogenated alkanes) is 60. The second kappa shape index (κ2) is 80.7. The second-order valence-electron chi connectivity index (χ2n) is 32.1. The zero-order valence-corrected chi connectivity index (χ0v) is 72.1. The number of phosphoric ester groups is 2. The SMILES string of the molecule is CCCCCCCCCCCCCCCCCCCCCCCCC(=O)O[C@H](COC(=O)CCCCCCCCCCCCCCCCCCCCCC)COP(=O)(O)OC[C@@H](O)COP(=O)(O)OC[C@@H](COC(=O)CCCCCCCCCCC)OC(=O)CCCCCCCCCCCCCCCC(C)C. The van der Waals surface area contributed by atoms with Gasteiger partial charge in [0.1, 0.15) is 19.3 Å². The Balaban J connectivity index is 5.19. The highest BCUT2D eigenvalue weighted by molar-refractivity contribution is 7.47. The first-order chi connectivity index (χ1) is 52.0. The van der Waals surface area contributed by atoms with Crippen LogP contribution in [0.25, 0.3) is 0 Å². The van der Waals surface area contributed by atoms with Gasteiger partial charge in [-0.3, -0.25) is 37.3 Å². The Morgan fingerprint density at radius 2 is 0.430 bits per heavy atom. The average Bonchev–Trinajstić information content (AvgIpc) is 0.901. The lowest BCUT2D eigenvalue weighted by Gasteiger charge is -2.21. The zero-order chi connectivity index (χ0) is 78.3. The van der Waals surface area contributed by atoms with E-state index in [9.17, 15) is 43.2 Å². The van der Waals surface area contributed by atoms with Crippen LogP contribution in [0.1, 0.15) is 478 Å². The number of carbonyl (C=O) groups excluding carboxylic acids is 4. The van der Waals surface area contributed by atoms with Gasteiger partial charge in [0.15, 0.2) is 12.2 Å². The monoisotopic (exact) mass is 1560 g/mol. The fourth-order valence-electron chi connectivity index (χ4n) is 13.8. The smallest absolute Gasteiger partial charge is 0.462 e. The molecule has 0 radical (unpaired) electrons. The predicted octanol–water partition coefficient (Wildman–Crippen LogP) is 27.2. The van der Waals surface area contributed by atoms with Gasteiger partial charge in [0.2, 0.25) is 0 Å². The molecule has 0 aliphatic heterocycles. The minimum Gasteiger partial charge on any atom is -0.462 e. The van der Waals surface area contributed by atoms with Crippen LogP contribution < -0.4 is 0 Å². The molecule has 0 saturated carbocycles. The van der Waals surface area contributed by atoms with Gasteiger partial charge >= 0.3 is 39.5 Å². The van der Waals surface area contributed by atoms with E-state index in [4.69, 9.17) is 37.0 Å². The molecule has 0 aliphatic carbocycles. The topological polar surface area (TPSA) is 237 Å². The van der Waals surface area contributed by atoms with Gasteiger partial charge in [-0.1, -0.05) is 426 Å². The first kappa shape index (κ1) is 105. The van der Waals surface area contributed by atoms with Gasteiger partial charge in [0, 0.05) is 25.7 Å². The number of phosphoric acid groups is 2. The third-order valence-corrected chi connectivity index (χ3v) is 22.7. The lowest BCUT2D eigenvalue weighted by molar-refractivity contribution is -0.161. The fraction of sp³-hybridized carbons (Fsp3) is 0.955. The molecule has 0 bridgehead atoms. The normalized spacial score (nSPS) is 13.7.